The Kier molecular flexibility index (Phi) is 2.98. The topological polar surface area (TPSA) is 46.1 Å². The van der Waals surface area contributed by atoms with Crippen molar-refractivity contribution in [1.29, 1.82) is 0 Å². The van der Waals surface area contributed by atoms with Crippen molar-refractivity contribution in [3.63, 3.8) is 0 Å². The van der Waals surface area contributed by atoms with Crippen LogP contribution in [0.4, 0.5) is 0 Å². The Morgan fingerprint density at radius 2 is 1.93 bits per heavy atom. The van der Waals surface area contributed by atoms with Gasteiger partial charge in [0.25, 0.3) is 5.91 Å². The third-order valence-electron chi connectivity index (χ3n) is 2.06. The van der Waals surface area contributed by atoms with E-state index in [1.807, 2.05) is 16.7 Å². The van der Waals surface area contributed by atoms with Crippen LogP contribution in [0.5, 0.6) is 0 Å². The van der Waals surface area contributed by atoms with Gasteiger partial charge in [-0.15, -0.1) is 0 Å². The second-order valence-electron chi connectivity index (χ2n) is 2.98. The molecule has 1 saturated heterocycles. The normalized spacial score (nSPS) is 16.7. The molecule has 4 nitrogen and oxygen atoms in total. The Labute approximate surface area is 86.7 Å². The van der Waals surface area contributed by atoms with E-state index >= 15 is 0 Å². The first-order valence-electron chi connectivity index (χ1n) is 4.52. The minimum atomic E-state index is -0.0501. The molecule has 0 bridgehead atoms. The van der Waals surface area contributed by atoms with Gasteiger partial charge >= 0.3 is 0 Å². The van der Waals surface area contributed by atoms with Crippen LogP contribution in [0.1, 0.15) is 10.6 Å². The van der Waals surface area contributed by atoms with E-state index < -0.39 is 0 Å². The molecule has 0 unspecified atom stereocenters. The number of hydrogen-bond donors (Lipinski definition) is 0. The van der Waals surface area contributed by atoms with E-state index in [0.717, 1.165) is 24.6 Å². The zero-order chi connectivity index (χ0) is 9.80. The molecule has 14 heavy (non-hydrogen) atoms. The van der Waals surface area contributed by atoms with Gasteiger partial charge in [-0.05, 0) is 6.07 Å². The first-order chi connectivity index (χ1) is 6.88. The van der Waals surface area contributed by atoms with Crippen LogP contribution in [0.2, 0.25) is 0 Å². The summed E-state index contributed by atoms with van der Waals surface area (Å²) in [7, 11) is 0. The number of nitrogens with zero attached hydrogens (tertiary/aromatic N) is 3. The lowest BCUT2D eigenvalue weighted by Crippen LogP contribution is -2.38. The minimum absolute atomic E-state index is 0.0501. The molecule has 2 heterocycles. The molecule has 0 aromatic carbocycles. The molecule has 0 N–H and O–H groups in total. The predicted octanol–water partition coefficient (Wildman–Crippen LogP) is 0.666. The summed E-state index contributed by atoms with van der Waals surface area (Å²) in [6.45, 7) is 1.61. The fourth-order valence-electron chi connectivity index (χ4n) is 1.32. The lowest BCUT2D eigenvalue weighted by atomic mass is 10.4. The molecular formula is C9H11N3OS. The molecule has 1 aliphatic rings. The van der Waals surface area contributed by atoms with Crippen LogP contribution >= 0.6 is 11.8 Å². The number of thioether (sulfide) groups is 1. The van der Waals surface area contributed by atoms with Crippen molar-refractivity contribution in [2.45, 2.75) is 0 Å². The van der Waals surface area contributed by atoms with Crippen LogP contribution in [0.3, 0.4) is 0 Å². The Bertz CT molecular complexity index is 311. The van der Waals surface area contributed by atoms with E-state index in [4.69, 9.17) is 0 Å². The number of hydrogen-bond acceptors (Lipinski definition) is 4. The second kappa shape index (κ2) is 4.41. The van der Waals surface area contributed by atoms with Crippen LogP contribution in [0, 0.1) is 0 Å². The molecule has 2 rings (SSSR count). The van der Waals surface area contributed by atoms with E-state index in [2.05, 4.69) is 9.97 Å². The average Bonchev–Trinajstić information content (AvgIpc) is 2.30. The van der Waals surface area contributed by atoms with Gasteiger partial charge in [-0.1, -0.05) is 0 Å². The number of amides is 1. The Morgan fingerprint density at radius 1 is 1.29 bits per heavy atom. The summed E-state index contributed by atoms with van der Waals surface area (Å²) in [6, 6.07) is 1.71. The van der Waals surface area contributed by atoms with Crippen molar-refractivity contribution >= 4 is 17.7 Å². The summed E-state index contributed by atoms with van der Waals surface area (Å²) in [4.78, 5) is 21.5. The van der Waals surface area contributed by atoms with Crippen LogP contribution in [0.15, 0.2) is 18.5 Å². The van der Waals surface area contributed by atoms with Gasteiger partial charge in [0.1, 0.15) is 0 Å². The van der Waals surface area contributed by atoms with Gasteiger partial charge in [0.2, 0.25) is 5.82 Å². The molecule has 1 fully saturated rings. The van der Waals surface area contributed by atoms with E-state index in [-0.39, 0.29) is 5.91 Å². The van der Waals surface area contributed by atoms with Crippen LogP contribution in [-0.2, 0) is 0 Å². The maximum atomic E-state index is 11.8. The molecule has 1 amide bonds. The van der Waals surface area contributed by atoms with Gasteiger partial charge in [-0.3, -0.25) is 4.79 Å². The molecule has 0 spiro atoms. The van der Waals surface area contributed by atoms with Crippen molar-refractivity contribution in [3.8, 4) is 0 Å². The van der Waals surface area contributed by atoms with Gasteiger partial charge < -0.3 is 4.90 Å². The van der Waals surface area contributed by atoms with E-state index in [0.29, 0.717) is 5.82 Å². The van der Waals surface area contributed by atoms with Crippen molar-refractivity contribution in [2.75, 3.05) is 24.6 Å². The Balaban J connectivity index is 2.07. The van der Waals surface area contributed by atoms with E-state index in [1.165, 1.54) is 0 Å². The quantitative estimate of drug-likeness (QED) is 0.682. The van der Waals surface area contributed by atoms with Crippen molar-refractivity contribution < 1.29 is 4.79 Å². The highest BCUT2D eigenvalue weighted by Crippen LogP contribution is 2.10. The fourth-order valence-corrected chi connectivity index (χ4v) is 2.22. The molecule has 1 aromatic rings. The fraction of sp³-hybridized carbons (Fsp3) is 0.444. The number of carbonyl (C=O) groups is 1. The molecule has 0 radical (unpaired) electrons. The molecular weight excluding hydrogens is 198 g/mol. The standard InChI is InChI=1S/C9H11N3OS/c13-9(8-10-2-1-3-11-8)12-4-6-14-7-5-12/h1-3H,4-7H2. The summed E-state index contributed by atoms with van der Waals surface area (Å²) in [5.41, 5.74) is 0. The summed E-state index contributed by atoms with van der Waals surface area (Å²) >= 11 is 1.88. The van der Waals surface area contributed by atoms with Crippen molar-refractivity contribution in [1.82, 2.24) is 14.9 Å². The Morgan fingerprint density at radius 3 is 2.57 bits per heavy atom. The SMILES string of the molecule is O=C(c1ncccn1)N1CCSCC1. The number of carbonyl (C=O) groups excluding carboxylic acids is 1. The summed E-state index contributed by atoms with van der Waals surface area (Å²) in [5.74, 6) is 2.28. The lowest BCUT2D eigenvalue weighted by molar-refractivity contribution is 0.0760. The van der Waals surface area contributed by atoms with Gasteiger partial charge in [-0.2, -0.15) is 11.8 Å². The maximum Gasteiger partial charge on any atom is 0.291 e. The van der Waals surface area contributed by atoms with Gasteiger partial charge in [-0.25, -0.2) is 9.97 Å². The third-order valence-corrected chi connectivity index (χ3v) is 3.00. The van der Waals surface area contributed by atoms with Gasteiger partial charge in [0.15, 0.2) is 0 Å². The minimum Gasteiger partial charge on any atom is -0.334 e. The molecule has 5 heteroatoms. The second-order valence-corrected chi connectivity index (χ2v) is 4.20. The molecule has 0 aliphatic carbocycles. The highest BCUT2D eigenvalue weighted by molar-refractivity contribution is 7.99. The number of rotatable bonds is 1. The molecule has 74 valence electrons. The summed E-state index contributed by atoms with van der Waals surface area (Å²) in [6.07, 6.45) is 3.19. The van der Waals surface area contributed by atoms with Gasteiger partial charge in [0, 0.05) is 37.0 Å². The van der Waals surface area contributed by atoms with E-state index in [9.17, 15) is 4.79 Å². The highest BCUT2D eigenvalue weighted by Gasteiger charge is 2.19. The predicted molar refractivity (Wildman–Crippen MR) is 55.3 cm³/mol. The number of aromatic nitrogens is 2. The van der Waals surface area contributed by atoms with Crippen LogP contribution in [-0.4, -0.2) is 45.4 Å². The summed E-state index contributed by atoms with van der Waals surface area (Å²) in [5, 5.41) is 0. The van der Waals surface area contributed by atoms with Gasteiger partial charge in [0.05, 0.1) is 0 Å². The lowest BCUT2D eigenvalue weighted by Gasteiger charge is -2.25. The first-order valence-corrected chi connectivity index (χ1v) is 5.67. The zero-order valence-corrected chi connectivity index (χ0v) is 8.54. The molecule has 1 aliphatic heterocycles. The monoisotopic (exact) mass is 209 g/mol. The highest BCUT2D eigenvalue weighted by atomic mass is 32.2. The van der Waals surface area contributed by atoms with Crippen LogP contribution in [0.25, 0.3) is 0 Å². The summed E-state index contributed by atoms with van der Waals surface area (Å²) < 4.78 is 0. The third kappa shape index (κ3) is 2.04. The molecule has 0 atom stereocenters. The average molecular weight is 209 g/mol. The van der Waals surface area contributed by atoms with E-state index in [1.54, 1.807) is 18.5 Å². The first kappa shape index (κ1) is 9.45. The van der Waals surface area contributed by atoms with Crippen LogP contribution < -0.4 is 0 Å². The zero-order valence-electron chi connectivity index (χ0n) is 7.72. The Hall–Kier alpha value is -1.10. The largest absolute Gasteiger partial charge is 0.334 e. The van der Waals surface area contributed by atoms with Crippen molar-refractivity contribution in [3.05, 3.63) is 24.3 Å². The maximum absolute atomic E-state index is 11.8. The molecule has 1 aromatic heterocycles. The molecule has 0 saturated carbocycles. The van der Waals surface area contributed by atoms with Crippen molar-refractivity contribution in [2.24, 2.45) is 0 Å². The smallest absolute Gasteiger partial charge is 0.291 e.